The molecule has 1 N–H and O–H groups in total. The first-order valence-corrected chi connectivity index (χ1v) is 8.06. The number of halogens is 2. The summed E-state index contributed by atoms with van der Waals surface area (Å²) in [6, 6.07) is 11.8. The molecule has 3 nitrogen and oxygen atoms in total. The van der Waals surface area contributed by atoms with Crippen molar-refractivity contribution in [1.29, 1.82) is 0 Å². The van der Waals surface area contributed by atoms with Gasteiger partial charge in [0.05, 0.1) is 22.2 Å². The van der Waals surface area contributed by atoms with Crippen LogP contribution in [0.15, 0.2) is 42.5 Å². The molecule has 6 heteroatoms. The average molecular weight is 350 g/mol. The number of para-hydroxylation sites is 1. The smallest absolute Gasteiger partial charge is 0.266 e. The molecular weight excluding hydrogens is 337 g/mol. The molecule has 0 aliphatic carbocycles. The summed E-state index contributed by atoms with van der Waals surface area (Å²) in [5.41, 5.74) is 1.07. The number of hydrogen-bond acceptors (Lipinski definition) is 3. The van der Waals surface area contributed by atoms with Gasteiger partial charge in [0.2, 0.25) is 0 Å². The van der Waals surface area contributed by atoms with Gasteiger partial charge in [0.1, 0.15) is 5.82 Å². The van der Waals surface area contributed by atoms with Gasteiger partial charge >= 0.3 is 0 Å². The minimum atomic E-state index is -0.359. The van der Waals surface area contributed by atoms with Crippen LogP contribution in [0.25, 0.3) is 10.1 Å². The van der Waals surface area contributed by atoms with E-state index in [-0.39, 0.29) is 18.3 Å². The Balaban J connectivity index is 2.05. The van der Waals surface area contributed by atoms with Gasteiger partial charge < -0.3 is 10.1 Å². The van der Waals surface area contributed by atoms with Crippen molar-refractivity contribution in [2.45, 2.75) is 6.61 Å². The highest BCUT2D eigenvalue weighted by molar-refractivity contribution is 7.21. The summed E-state index contributed by atoms with van der Waals surface area (Å²) in [6.07, 6.45) is 0. The third kappa shape index (κ3) is 3.08. The molecule has 0 spiro atoms. The van der Waals surface area contributed by atoms with Gasteiger partial charge in [-0.2, -0.15) is 0 Å². The number of carbonyl (C=O) groups is 1. The fourth-order valence-corrected chi connectivity index (χ4v) is 3.67. The molecule has 0 atom stereocenters. The van der Waals surface area contributed by atoms with E-state index >= 15 is 0 Å². The lowest BCUT2D eigenvalue weighted by molar-refractivity contribution is 0.102. The van der Waals surface area contributed by atoms with E-state index in [9.17, 15) is 9.18 Å². The molecule has 2 aromatic carbocycles. The molecule has 0 radical (unpaired) electrons. The number of nitrogens with one attached hydrogen (secondary N) is 1. The van der Waals surface area contributed by atoms with E-state index in [1.54, 1.807) is 36.4 Å². The minimum Gasteiger partial charge on any atom is -0.380 e. The average Bonchev–Trinajstić information content (AvgIpc) is 2.90. The van der Waals surface area contributed by atoms with Crippen molar-refractivity contribution in [2.24, 2.45) is 0 Å². The molecule has 0 saturated carbocycles. The summed E-state index contributed by atoms with van der Waals surface area (Å²) in [4.78, 5) is 13.0. The zero-order chi connectivity index (χ0) is 16.4. The maximum Gasteiger partial charge on any atom is 0.266 e. The molecule has 1 heterocycles. The molecule has 0 saturated heterocycles. The molecule has 3 aromatic rings. The Bertz CT molecular complexity index is 878. The Morgan fingerprint density at radius 3 is 2.78 bits per heavy atom. The Kier molecular flexibility index (Phi) is 4.61. The number of amides is 1. The van der Waals surface area contributed by atoms with E-state index < -0.39 is 0 Å². The minimum absolute atomic E-state index is 0.159. The molecule has 0 aliphatic rings. The van der Waals surface area contributed by atoms with Gasteiger partial charge in [0, 0.05) is 22.8 Å². The van der Waals surface area contributed by atoms with Crippen LogP contribution in [0.3, 0.4) is 0 Å². The fourth-order valence-electron chi connectivity index (χ4n) is 2.37. The van der Waals surface area contributed by atoms with Crippen LogP contribution in [0.2, 0.25) is 5.02 Å². The van der Waals surface area contributed by atoms with Crippen molar-refractivity contribution >= 4 is 44.6 Å². The van der Waals surface area contributed by atoms with Crippen LogP contribution in [0.4, 0.5) is 10.1 Å². The molecule has 0 unspecified atom stereocenters. The zero-order valence-corrected chi connectivity index (χ0v) is 13.8. The molecule has 0 bridgehead atoms. The van der Waals surface area contributed by atoms with E-state index in [2.05, 4.69) is 5.32 Å². The maximum atomic E-state index is 14.1. The number of methoxy groups -OCH3 is 1. The third-order valence-electron chi connectivity index (χ3n) is 3.38. The summed E-state index contributed by atoms with van der Waals surface area (Å²) >= 11 is 7.30. The molecule has 118 valence electrons. The molecular formula is C17H13ClFNO2S. The molecule has 0 fully saturated rings. The Morgan fingerprint density at radius 2 is 2.04 bits per heavy atom. The summed E-state index contributed by atoms with van der Waals surface area (Å²) in [5.74, 6) is -0.687. The second-order valence-electron chi connectivity index (χ2n) is 4.89. The first-order valence-electron chi connectivity index (χ1n) is 6.86. The van der Waals surface area contributed by atoms with Crippen LogP contribution in [0.1, 0.15) is 15.2 Å². The Labute approximate surface area is 141 Å². The monoisotopic (exact) mass is 349 g/mol. The van der Waals surface area contributed by atoms with Gasteiger partial charge in [-0.1, -0.05) is 29.8 Å². The zero-order valence-electron chi connectivity index (χ0n) is 12.2. The number of benzene rings is 2. The van der Waals surface area contributed by atoms with Gasteiger partial charge in [-0.3, -0.25) is 4.79 Å². The molecule has 23 heavy (non-hydrogen) atoms. The number of fused-ring (bicyclic) bond motifs is 1. The molecule has 1 amide bonds. The van der Waals surface area contributed by atoms with Crippen LogP contribution in [-0.2, 0) is 11.3 Å². The molecule has 0 aliphatic heterocycles. The van der Waals surface area contributed by atoms with Gasteiger partial charge in [0.25, 0.3) is 5.91 Å². The number of ether oxygens (including phenoxy) is 1. The first-order chi connectivity index (χ1) is 11.1. The van der Waals surface area contributed by atoms with E-state index in [1.165, 1.54) is 24.5 Å². The lowest BCUT2D eigenvalue weighted by atomic mass is 10.1. The third-order valence-corrected chi connectivity index (χ3v) is 4.91. The van der Waals surface area contributed by atoms with Gasteiger partial charge in [-0.05, 0) is 24.3 Å². The van der Waals surface area contributed by atoms with Crippen molar-refractivity contribution in [3.63, 3.8) is 0 Å². The molecule has 1 aromatic heterocycles. The normalized spacial score (nSPS) is 10.9. The van der Waals surface area contributed by atoms with Crippen LogP contribution in [0.5, 0.6) is 0 Å². The summed E-state index contributed by atoms with van der Waals surface area (Å²) in [6.45, 7) is 0.159. The van der Waals surface area contributed by atoms with E-state index in [0.717, 1.165) is 0 Å². The number of rotatable bonds is 4. The van der Waals surface area contributed by atoms with Crippen LogP contribution in [-0.4, -0.2) is 13.0 Å². The van der Waals surface area contributed by atoms with Gasteiger partial charge in [-0.25, -0.2) is 4.39 Å². The van der Waals surface area contributed by atoms with E-state index in [0.29, 0.717) is 31.2 Å². The van der Waals surface area contributed by atoms with E-state index in [1.807, 2.05) is 0 Å². The van der Waals surface area contributed by atoms with Crippen molar-refractivity contribution in [1.82, 2.24) is 0 Å². The fraction of sp³-hybridized carbons (Fsp3) is 0.118. The summed E-state index contributed by atoms with van der Waals surface area (Å²) in [7, 11) is 1.51. The lowest BCUT2D eigenvalue weighted by Crippen LogP contribution is -2.12. The van der Waals surface area contributed by atoms with Crippen LogP contribution < -0.4 is 5.32 Å². The second kappa shape index (κ2) is 6.66. The predicted octanol–water partition coefficient (Wildman–Crippen LogP) is 5.09. The SMILES string of the molecule is COCc1c(C(=O)Nc2ccccc2Cl)sc2cccc(F)c12. The maximum absolute atomic E-state index is 14.1. The molecule has 3 rings (SSSR count). The number of hydrogen-bond donors (Lipinski definition) is 1. The van der Waals surface area contributed by atoms with Crippen LogP contribution in [0, 0.1) is 5.82 Å². The highest BCUT2D eigenvalue weighted by Crippen LogP contribution is 2.34. The predicted molar refractivity (Wildman–Crippen MR) is 91.9 cm³/mol. The van der Waals surface area contributed by atoms with Crippen molar-refractivity contribution in [3.8, 4) is 0 Å². The number of carbonyl (C=O) groups excluding carboxylic acids is 1. The Hall–Kier alpha value is -1.95. The van der Waals surface area contributed by atoms with Crippen molar-refractivity contribution in [2.75, 3.05) is 12.4 Å². The lowest BCUT2D eigenvalue weighted by Gasteiger charge is -2.07. The van der Waals surface area contributed by atoms with E-state index in [4.69, 9.17) is 16.3 Å². The summed E-state index contributed by atoms with van der Waals surface area (Å²) < 4.78 is 20.0. The highest BCUT2D eigenvalue weighted by atomic mass is 35.5. The number of anilines is 1. The Morgan fingerprint density at radius 1 is 1.26 bits per heavy atom. The standard InChI is InChI=1S/C17H13ClFNO2S/c1-22-9-10-15-12(19)6-4-8-14(15)23-16(10)17(21)20-13-7-3-2-5-11(13)18/h2-8H,9H2,1H3,(H,20,21). The van der Waals surface area contributed by atoms with Gasteiger partial charge in [0.15, 0.2) is 0 Å². The quantitative estimate of drug-likeness (QED) is 0.712. The van der Waals surface area contributed by atoms with Crippen molar-refractivity contribution < 1.29 is 13.9 Å². The summed E-state index contributed by atoms with van der Waals surface area (Å²) in [5, 5.41) is 3.65. The van der Waals surface area contributed by atoms with Crippen LogP contribution >= 0.6 is 22.9 Å². The largest absolute Gasteiger partial charge is 0.380 e. The van der Waals surface area contributed by atoms with Crippen molar-refractivity contribution in [3.05, 3.63) is 63.7 Å². The highest BCUT2D eigenvalue weighted by Gasteiger charge is 2.21. The number of thiophene rings is 1. The first kappa shape index (κ1) is 15.9. The van der Waals surface area contributed by atoms with Gasteiger partial charge in [-0.15, -0.1) is 11.3 Å². The topological polar surface area (TPSA) is 38.3 Å². The second-order valence-corrected chi connectivity index (χ2v) is 6.35.